The third-order valence-corrected chi connectivity index (χ3v) is 3.37. The minimum atomic E-state index is 0.0545. The Morgan fingerprint density at radius 1 is 1.45 bits per heavy atom. The molecule has 2 rings (SSSR count). The van der Waals surface area contributed by atoms with Crippen LogP contribution in [0.5, 0.6) is 0 Å². The molecule has 20 heavy (non-hydrogen) atoms. The Balaban J connectivity index is 2.39. The first kappa shape index (κ1) is 14.6. The minimum absolute atomic E-state index is 0.0545. The summed E-state index contributed by atoms with van der Waals surface area (Å²) in [6.45, 7) is 4.82. The summed E-state index contributed by atoms with van der Waals surface area (Å²) in [6.07, 6.45) is 5.36. The summed E-state index contributed by atoms with van der Waals surface area (Å²) in [6, 6.07) is 5.98. The molecule has 1 unspecified atom stereocenters. The van der Waals surface area contributed by atoms with Gasteiger partial charge in [-0.25, -0.2) is 0 Å². The van der Waals surface area contributed by atoms with Crippen molar-refractivity contribution in [1.82, 2.24) is 0 Å². The van der Waals surface area contributed by atoms with Crippen LogP contribution in [0.15, 0.2) is 28.9 Å². The molecule has 0 aliphatic heterocycles. The number of furan rings is 1. The van der Waals surface area contributed by atoms with Crippen LogP contribution in [-0.4, -0.2) is 19.0 Å². The van der Waals surface area contributed by atoms with Crippen LogP contribution in [0.3, 0.4) is 0 Å². The topological polar surface area (TPSA) is 59.5 Å². The van der Waals surface area contributed by atoms with Crippen LogP contribution < -0.4 is 10.6 Å². The van der Waals surface area contributed by atoms with Crippen molar-refractivity contribution in [2.75, 3.05) is 11.4 Å². The molecule has 0 saturated carbocycles. The van der Waals surface area contributed by atoms with E-state index in [0.29, 0.717) is 0 Å². The van der Waals surface area contributed by atoms with E-state index in [1.54, 1.807) is 11.2 Å². The van der Waals surface area contributed by atoms with E-state index in [2.05, 4.69) is 6.92 Å². The normalized spacial score (nSPS) is 12.6. The van der Waals surface area contributed by atoms with Crippen molar-refractivity contribution < 1.29 is 9.21 Å². The summed E-state index contributed by atoms with van der Waals surface area (Å²) in [7, 11) is 0. The van der Waals surface area contributed by atoms with Crippen LogP contribution >= 0.6 is 0 Å². The zero-order valence-electron chi connectivity index (χ0n) is 12.1. The van der Waals surface area contributed by atoms with Gasteiger partial charge < -0.3 is 15.1 Å². The van der Waals surface area contributed by atoms with Gasteiger partial charge in [-0.05, 0) is 43.5 Å². The molecule has 0 spiro atoms. The van der Waals surface area contributed by atoms with Crippen LogP contribution in [-0.2, 0) is 11.2 Å². The molecule has 4 heteroatoms. The van der Waals surface area contributed by atoms with Gasteiger partial charge in [-0.3, -0.25) is 4.79 Å². The molecule has 2 aromatic rings. The van der Waals surface area contributed by atoms with Crippen molar-refractivity contribution in [2.24, 2.45) is 5.73 Å². The van der Waals surface area contributed by atoms with Gasteiger partial charge in [0, 0.05) is 23.7 Å². The number of unbranched alkanes of at least 4 members (excludes halogenated alkanes) is 1. The fourth-order valence-electron chi connectivity index (χ4n) is 2.37. The fraction of sp³-hybridized carbons (Fsp3) is 0.438. The summed E-state index contributed by atoms with van der Waals surface area (Å²) < 4.78 is 5.54. The second-order valence-electron chi connectivity index (χ2n) is 5.28. The molecule has 4 nitrogen and oxygen atoms in total. The Bertz CT molecular complexity index is 575. The van der Waals surface area contributed by atoms with E-state index in [0.717, 1.165) is 54.4 Å². The minimum Gasteiger partial charge on any atom is -0.464 e. The van der Waals surface area contributed by atoms with Gasteiger partial charge in [0.15, 0.2) is 0 Å². The van der Waals surface area contributed by atoms with Gasteiger partial charge in [0.1, 0.15) is 5.58 Å². The third-order valence-electron chi connectivity index (χ3n) is 3.37. The zero-order valence-corrected chi connectivity index (χ0v) is 12.1. The van der Waals surface area contributed by atoms with Crippen LogP contribution in [0, 0.1) is 0 Å². The Morgan fingerprint density at radius 2 is 2.25 bits per heavy atom. The molecular formula is C16H22N2O2. The first-order chi connectivity index (χ1) is 9.65. The van der Waals surface area contributed by atoms with Crippen molar-refractivity contribution in [1.29, 1.82) is 0 Å². The fourth-order valence-corrected chi connectivity index (χ4v) is 2.37. The highest BCUT2D eigenvalue weighted by Gasteiger charge is 2.12. The monoisotopic (exact) mass is 274 g/mol. The number of nitrogens with zero attached hydrogens (tertiary/aromatic N) is 1. The van der Waals surface area contributed by atoms with Gasteiger partial charge in [0.05, 0.1) is 6.26 Å². The van der Waals surface area contributed by atoms with Crippen molar-refractivity contribution in [3.05, 3.63) is 30.0 Å². The Hall–Kier alpha value is -1.81. The highest BCUT2D eigenvalue weighted by Crippen LogP contribution is 2.28. The summed E-state index contributed by atoms with van der Waals surface area (Å²) in [5, 5.41) is 1.02. The standard InChI is InChI=1S/C16H22N2O2/c1-3-4-6-18(11-19)15-9-13-5-7-20-16(13)14(10-15)8-12(2)17/h5,7,9-12H,3-4,6,8,17H2,1-2H3. The van der Waals surface area contributed by atoms with Crippen LogP contribution in [0.1, 0.15) is 32.3 Å². The molecule has 0 saturated heterocycles. The number of fused-ring (bicyclic) bond motifs is 1. The summed E-state index contributed by atoms with van der Waals surface area (Å²) in [5.41, 5.74) is 8.74. The maximum Gasteiger partial charge on any atom is 0.214 e. The highest BCUT2D eigenvalue weighted by molar-refractivity contribution is 5.88. The SMILES string of the molecule is CCCCN(C=O)c1cc(CC(C)N)c2occc2c1. The molecule has 1 atom stereocenters. The number of amides is 1. The lowest BCUT2D eigenvalue weighted by Crippen LogP contribution is -2.23. The molecule has 0 aliphatic rings. The van der Waals surface area contributed by atoms with Crippen molar-refractivity contribution in [3.63, 3.8) is 0 Å². The van der Waals surface area contributed by atoms with E-state index >= 15 is 0 Å². The van der Waals surface area contributed by atoms with E-state index in [9.17, 15) is 4.79 Å². The van der Waals surface area contributed by atoms with Crippen molar-refractivity contribution in [3.8, 4) is 0 Å². The molecule has 1 aromatic carbocycles. The third kappa shape index (κ3) is 3.20. The van der Waals surface area contributed by atoms with Gasteiger partial charge >= 0.3 is 0 Å². The number of anilines is 1. The Labute approximate surface area is 119 Å². The summed E-state index contributed by atoms with van der Waals surface area (Å²) in [5.74, 6) is 0. The van der Waals surface area contributed by atoms with E-state index in [1.165, 1.54) is 0 Å². The van der Waals surface area contributed by atoms with E-state index < -0.39 is 0 Å². The largest absolute Gasteiger partial charge is 0.464 e. The molecule has 1 aromatic heterocycles. The lowest BCUT2D eigenvalue weighted by atomic mass is 10.0. The summed E-state index contributed by atoms with van der Waals surface area (Å²) >= 11 is 0. The second-order valence-corrected chi connectivity index (χ2v) is 5.28. The van der Waals surface area contributed by atoms with Crippen molar-refractivity contribution in [2.45, 2.75) is 39.2 Å². The molecule has 1 amide bonds. The lowest BCUT2D eigenvalue weighted by Gasteiger charge is -2.18. The molecule has 2 N–H and O–H groups in total. The van der Waals surface area contributed by atoms with Gasteiger partial charge in [0.2, 0.25) is 6.41 Å². The zero-order chi connectivity index (χ0) is 14.5. The average molecular weight is 274 g/mol. The number of rotatable bonds is 7. The molecule has 108 valence electrons. The Morgan fingerprint density at radius 3 is 2.90 bits per heavy atom. The number of carbonyl (C=O) groups is 1. The molecular weight excluding hydrogens is 252 g/mol. The van der Waals surface area contributed by atoms with Crippen LogP contribution in [0.2, 0.25) is 0 Å². The van der Waals surface area contributed by atoms with Gasteiger partial charge in [-0.15, -0.1) is 0 Å². The molecule has 1 heterocycles. The van der Waals surface area contributed by atoms with E-state index in [-0.39, 0.29) is 6.04 Å². The van der Waals surface area contributed by atoms with Crippen LogP contribution in [0.25, 0.3) is 11.0 Å². The molecule has 0 radical (unpaired) electrons. The predicted octanol–water partition coefficient (Wildman–Crippen LogP) is 3.09. The molecule has 0 bridgehead atoms. The molecule has 0 aliphatic carbocycles. The number of hydrogen-bond acceptors (Lipinski definition) is 3. The summed E-state index contributed by atoms with van der Waals surface area (Å²) in [4.78, 5) is 13.0. The van der Waals surface area contributed by atoms with Crippen molar-refractivity contribution >= 4 is 23.1 Å². The quantitative estimate of drug-likeness (QED) is 0.789. The average Bonchev–Trinajstić information content (AvgIpc) is 2.87. The smallest absolute Gasteiger partial charge is 0.214 e. The van der Waals surface area contributed by atoms with E-state index in [1.807, 2.05) is 25.1 Å². The number of hydrogen-bond donors (Lipinski definition) is 1. The second kappa shape index (κ2) is 6.57. The van der Waals surface area contributed by atoms with Crippen LogP contribution in [0.4, 0.5) is 5.69 Å². The molecule has 0 fully saturated rings. The maximum atomic E-state index is 11.3. The number of benzene rings is 1. The van der Waals surface area contributed by atoms with E-state index in [4.69, 9.17) is 10.2 Å². The number of nitrogens with two attached hydrogens (primary N) is 1. The lowest BCUT2D eigenvalue weighted by molar-refractivity contribution is -0.107. The maximum absolute atomic E-state index is 11.3. The first-order valence-electron chi connectivity index (χ1n) is 7.13. The van der Waals surface area contributed by atoms with Gasteiger partial charge in [-0.1, -0.05) is 13.3 Å². The van der Waals surface area contributed by atoms with Gasteiger partial charge in [0.25, 0.3) is 0 Å². The number of carbonyl (C=O) groups excluding carboxylic acids is 1. The Kier molecular flexibility index (Phi) is 4.79. The predicted molar refractivity (Wildman–Crippen MR) is 81.9 cm³/mol. The first-order valence-corrected chi connectivity index (χ1v) is 7.13. The van der Waals surface area contributed by atoms with Gasteiger partial charge in [-0.2, -0.15) is 0 Å². The highest BCUT2D eigenvalue weighted by atomic mass is 16.3.